The van der Waals surface area contributed by atoms with Crippen LogP contribution >= 0.6 is 0 Å². The standard InChI is InChI=1S/C12H16N4O/c1-3-8(2)17-11-9-6-4-5-7-10(9)14-12(15-11)16-13/h4-8H,3,13H2,1-2H3,(H,14,15,16). The molecule has 5 heteroatoms. The van der Waals surface area contributed by atoms with Crippen LogP contribution in [0.1, 0.15) is 20.3 Å². The first kappa shape index (κ1) is 11.6. The molecule has 0 fully saturated rings. The molecule has 0 aliphatic carbocycles. The van der Waals surface area contributed by atoms with E-state index in [9.17, 15) is 0 Å². The number of hydrogen-bond donors (Lipinski definition) is 2. The van der Waals surface area contributed by atoms with Crippen LogP contribution in [0.4, 0.5) is 5.95 Å². The quantitative estimate of drug-likeness (QED) is 0.623. The van der Waals surface area contributed by atoms with E-state index in [0.717, 1.165) is 17.3 Å². The Labute approximate surface area is 100.0 Å². The average Bonchev–Trinajstić information content (AvgIpc) is 2.38. The van der Waals surface area contributed by atoms with E-state index in [2.05, 4.69) is 22.3 Å². The highest BCUT2D eigenvalue weighted by Crippen LogP contribution is 2.24. The zero-order chi connectivity index (χ0) is 12.3. The van der Waals surface area contributed by atoms with Crippen molar-refractivity contribution in [2.45, 2.75) is 26.4 Å². The molecule has 1 atom stereocenters. The summed E-state index contributed by atoms with van der Waals surface area (Å²) in [6, 6.07) is 7.70. The van der Waals surface area contributed by atoms with Gasteiger partial charge in [-0.15, -0.1) is 0 Å². The van der Waals surface area contributed by atoms with Crippen LogP contribution in [0.3, 0.4) is 0 Å². The van der Waals surface area contributed by atoms with Crippen molar-refractivity contribution in [2.24, 2.45) is 5.84 Å². The Hall–Kier alpha value is -1.88. The minimum absolute atomic E-state index is 0.110. The van der Waals surface area contributed by atoms with Gasteiger partial charge in [-0.25, -0.2) is 10.8 Å². The first-order chi connectivity index (χ1) is 8.24. The normalized spacial score (nSPS) is 12.4. The van der Waals surface area contributed by atoms with Gasteiger partial charge in [-0.05, 0) is 25.5 Å². The molecule has 1 heterocycles. The van der Waals surface area contributed by atoms with E-state index in [4.69, 9.17) is 10.6 Å². The minimum atomic E-state index is 0.110. The van der Waals surface area contributed by atoms with Crippen molar-refractivity contribution in [3.63, 3.8) is 0 Å². The number of para-hydroxylation sites is 1. The number of nitrogens with two attached hydrogens (primary N) is 1. The van der Waals surface area contributed by atoms with Crippen molar-refractivity contribution in [3.8, 4) is 5.88 Å². The van der Waals surface area contributed by atoms with Gasteiger partial charge in [0.2, 0.25) is 11.8 Å². The van der Waals surface area contributed by atoms with Gasteiger partial charge in [0.25, 0.3) is 0 Å². The monoisotopic (exact) mass is 232 g/mol. The second kappa shape index (κ2) is 4.97. The molecule has 0 aliphatic heterocycles. The van der Waals surface area contributed by atoms with E-state index in [-0.39, 0.29) is 6.10 Å². The predicted octanol–water partition coefficient (Wildman–Crippen LogP) is 2.09. The Bertz CT molecular complexity index is 515. The summed E-state index contributed by atoms with van der Waals surface area (Å²) in [6.45, 7) is 4.07. The van der Waals surface area contributed by atoms with Gasteiger partial charge in [-0.2, -0.15) is 4.98 Å². The Morgan fingerprint density at radius 2 is 2.12 bits per heavy atom. The smallest absolute Gasteiger partial charge is 0.241 e. The van der Waals surface area contributed by atoms with Crippen LogP contribution in [0.2, 0.25) is 0 Å². The van der Waals surface area contributed by atoms with Crippen LogP contribution in [-0.2, 0) is 0 Å². The number of rotatable bonds is 4. The molecular weight excluding hydrogens is 216 g/mol. The maximum Gasteiger partial charge on any atom is 0.241 e. The summed E-state index contributed by atoms with van der Waals surface area (Å²) in [5.41, 5.74) is 3.26. The van der Waals surface area contributed by atoms with E-state index >= 15 is 0 Å². The van der Waals surface area contributed by atoms with Crippen LogP contribution in [0.15, 0.2) is 24.3 Å². The highest BCUT2D eigenvalue weighted by molar-refractivity contribution is 5.84. The lowest BCUT2D eigenvalue weighted by molar-refractivity contribution is 0.212. The number of hydrogen-bond acceptors (Lipinski definition) is 5. The van der Waals surface area contributed by atoms with Gasteiger partial charge in [-0.3, -0.25) is 5.43 Å². The number of nitrogen functional groups attached to an aromatic ring is 1. The lowest BCUT2D eigenvalue weighted by atomic mass is 10.2. The molecule has 2 aromatic rings. The molecule has 90 valence electrons. The summed E-state index contributed by atoms with van der Waals surface area (Å²) in [5.74, 6) is 6.27. The first-order valence-electron chi connectivity index (χ1n) is 5.64. The van der Waals surface area contributed by atoms with Gasteiger partial charge >= 0.3 is 0 Å². The number of hydrazine groups is 1. The summed E-state index contributed by atoms with van der Waals surface area (Å²) in [4.78, 5) is 8.50. The number of aromatic nitrogens is 2. The molecule has 0 aliphatic rings. The summed E-state index contributed by atoms with van der Waals surface area (Å²) in [7, 11) is 0. The number of ether oxygens (including phenoxy) is 1. The molecule has 0 spiro atoms. The minimum Gasteiger partial charge on any atom is -0.474 e. The second-order valence-corrected chi connectivity index (χ2v) is 3.85. The van der Waals surface area contributed by atoms with Crippen LogP contribution in [0.25, 0.3) is 10.9 Å². The van der Waals surface area contributed by atoms with Crippen molar-refractivity contribution >= 4 is 16.9 Å². The number of fused-ring (bicyclic) bond motifs is 1. The van der Waals surface area contributed by atoms with Gasteiger partial charge in [0, 0.05) is 0 Å². The molecule has 3 N–H and O–H groups in total. The third-order valence-corrected chi connectivity index (χ3v) is 2.59. The zero-order valence-corrected chi connectivity index (χ0v) is 9.97. The molecule has 2 rings (SSSR count). The molecule has 0 bridgehead atoms. The van der Waals surface area contributed by atoms with Crippen LogP contribution in [-0.4, -0.2) is 16.1 Å². The maximum absolute atomic E-state index is 5.77. The second-order valence-electron chi connectivity index (χ2n) is 3.85. The number of nitrogens with one attached hydrogen (secondary N) is 1. The molecule has 5 nitrogen and oxygen atoms in total. The van der Waals surface area contributed by atoms with E-state index in [1.165, 1.54) is 0 Å². The number of benzene rings is 1. The lowest BCUT2D eigenvalue weighted by Crippen LogP contribution is -2.14. The SMILES string of the molecule is CCC(C)Oc1nc(NN)nc2ccccc12. The summed E-state index contributed by atoms with van der Waals surface area (Å²) < 4.78 is 5.77. The van der Waals surface area contributed by atoms with Crippen LogP contribution in [0.5, 0.6) is 5.88 Å². The molecule has 1 aromatic carbocycles. The molecule has 0 amide bonds. The Kier molecular flexibility index (Phi) is 3.39. The van der Waals surface area contributed by atoms with Crippen molar-refractivity contribution in [1.82, 2.24) is 9.97 Å². The van der Waals surface area contributed by atoms with E-state index in [1.807, 2.05) is 31.2 Å². The zero-order valence-electron chi connectivity index (χ0n) is 9.97. The van der Waals surface area contributed by atoms with Crippen molar-refractivity contribution in [2.75, 3.05) is 5.43 Å². The van der Waals surface area contributed by atoms with Crippen molar-refractivity contribution in [3.05, 3.63) is 24.3 Å². The van der Waals surface area contributed by atoms with Crippen molar-refractivity contribution < 1.29 is 4.74 Å². The van der Waals surface area contributed by atoms with Gasteiger partial charge < -0.3 is 4.74 Å². The van der Waals surface area contributed by atoms with E-state index < -0.39 is 0 Å². The highest BCUT2D eigenvalue weighted by Gasteiger charge is 2.10. The fourth-order valence-corrected chi connectivity index (χ4v) is 1.48. The molecular formula is C12H16N4O. The molecule has 0 saturated heterocycles. The fourth-order valence-electron chi connectivity index (χ4n) is 1.48. The summed E-state index contributed by atoms with van der Waals surface area (Å²) in [5, 5.41) is 0.895. The summed E-state index contributed by atoms with van der Waals surface area (Å²) in [6.07, 6.45) is 1.03. The Morgan fingerprint density at radius 1 is 1.35 bits per heavy atom. The lowest BCUT2D eigenvalue weighted by Gasteiger charge is -2.14. The molecule has 17 heavy (non-hydrogen) atoms. The predicted molar refractivity (Wildman–Crippen MR) is 67.7 cm³/mol. The maximum atomic E-state index is 5.77. The largest absolute Gasteiger partial charge is 0.474 e. The summed E-state index contributed by atoms with van der Waals surface area (Å²) >= 11 is 0. The molecule has 1 unspecified atom stereocenters. The van der Waals surface area contributed by atoms with Crippen LogP contribution in [0, 0.1) is 0 Å². The van der Waals surface area contributed by atoms with Gasteiger partial charge in [0.05, 0.1) is 17.0 Å². The van der Waals surface area contributed by atoms with Gasteiger partial charge in [-0.1, -0.05) is 19.1 Å². The van der Waals surface area contributed by atoms with Crippen LogP contribution < -0.4 is 16.0 Å². The highest BCUT2D eigenvalue weighted by atomic mass is 16.5. The molecule has 0 radical (unpaired) electrons. The number of anilines is 1. The first-order valence-corrected chi connectivity index (χ1v) is 5.64. The Balaban J connectivity index is 2.50. The molecule has 0 saturated carbocycles. The fraction of sp³-hybridized carbons (Fsp3) is 0.333. The van der Waals surface area contributed by atoms with E-state index in [1.54, 1.807) is 0 Å². The number of nitrogens with zero attached hydrogens (tertiary/aromatic N) is 2. The third-order valence-electron chi connectivity index (χ3n) is 2.59. The third kappa shape index (κ3) is 2.45. The topological polar surface area (TPSA) is 73.1 Å². The van der Waals surface area contributed by atoms with E-state index in [0.29, 0.717) is 11.8 Å². The Morgan fingerprint density at radius 3 is 2.82 bits per heavy atom. The van der Waals surface area contributed by atoms with Gasteiger partial charge in [0.15, 0.2) is 0 Å². The molecule has 1 aromatic heterocycles. The average molecular weight is 232 g/mol. The van der Waals surface area contributed by atoms with Gasteiger partial charge in [0.1, 0.15) is 0 Å². The van der Waals surface area contributed by atoms with Crippen molar-refractivity contribution in [1.29, 1.82) is 0 Å².